The highest BCUT2D eigenvalue weighted by atomic mass is 35.5. The highest BCUT2D eigenvalue weighted by Crippen LogP contribution is 2.26. The quantitative estimate of drug-likeness (QED) is 0.331. The van der Waals surface area contributed by atoms with Crippen molar-refractivity contribution in [2.45, 2.75) is 44.2 Å². The first-order valence-electron chi connectivity index (χ1n) is 11.5. The molecule has 0 saturated heterocycles. The molecule has 3 rings (SSSR count). The molecule has 0 aliphatic heterocycles. The van der Waals surface area contributed by atoms with Gasteiger partial charge in [0, 0.05) is 18.1 Å². The van der Waals surface area contributed by atoms with Gasteiger partial charge in [0.2, 0.25) is 15.9 Å². The van der Waals surface area contributed by atoms with Gasteiger partial charge in [0.25, 0.3) is 0 Å². The van der Waals surface area contributed by atoms with Crippen molar-refractivity contribution in [2.75, 3.05) is 6.54 Å². The average Bonchev–Trinajstić information content (AvgIpc) is 2.86. The van der Waals surface area contributed by atoms with E-state index in [0.29, 0.717) is 25.9 Å². The van der Waals surface area contributed by atoms with Crippen molar-refractivity contribution in [3.8, 4) is 0 Å². The van der Waals surface area contributed by atoms with Gasteiger partial charge in [0.15, 0.2) is 0 Å². The Morgan fingerprint density at radius 1 is 0.943 bits per heavy atom. The van der Waals surface area contributed by atoms with Gasteiger partial charge in [-0.3, -0.25) is 4.79 Å². The van der Waals surface area contributed by atoms with Crippen LogP contribution in [0.2, 0.25) is 10.0 Å². The van der Waals surface area contributed by atoms with Gasteiger partial charge in [-0.1, -0.05) is 104 Å². The number of sulfonamides is 1. The molecule has 3 aromatic carbocycles. The summed E-state index contributed by atoms with van der Waals surface area (Å²) >= 11 is 12.2. The lowest BCUT2D eigenvalue weighted by Gasteiger charge is -2.31. The second kappa shape index (κ2) is 12.5. The minimum Gasteiger partial charge on any atom is -0.337 e. The van der Waals surface area contributed by atoms with E-state index in [1.54, 1.807) is 4.90 Å². The van der Waals surface area contributed by atoms with E-state index in [9.17, 15) is 13.2 Å². The van der Waals surface area contributed by atoms with Gasteiger partial charge in [-0.15, -0.1) is 0 Å². The highest BCUT2D eigenvalue weighted by Gasteiger charge is 2.33. The van der Waals surface area contributed by atoms with Crippen molar-refractivity contribution < 1.29 is 13.2 Å². The van der Waals surface area contributed by atoms with Crippen molar-refractivity contribution in [2.24, 2.45) is 5.92 Å². The number of halogens is 2. The van der Waals surface area contributed by atoms with Crippen LogP contribution in [0.1, 0.15) is 31.4 Å². The predicted octanol–water partition coefficient (Wildman–Crippen LogP) is 5.96. The first-order chi connectivity index (χ1) is 16.7. The summed E-state index contributed by atoms with van der Waals surface area (Å²) in [6.45, 7) is 4.61. The van der Waals surface area contributed by atoms with Gasteiger partial charge in [-0.05, 0) is 41.7 Å². The molecule has 1 N–H and O–H groups in total. The highest BCUT2D eigenvalue weighted by molar-refractivity contribution is 7.89. The van der Waals surface area contributed by atoms with Crippen LogP contribution in [0, 0.1) is 5.92 Å². The lowest BCUT2D eigenvalue weighted by Crippen LogP contribution is -2.51. The molecule has 3 aromatic rings. The van der Waals surface area contributed by atoms with Crippen molar-refractivity contribution in [3.05, 3.63) is 100 Å². The van der Waals surface area contributed by atoms with Crippen molar-refractivity contribution in [1.29, 1.82) is 0 Å². The molecule has 0 fully saturated rings. The summed E-state index contributed by atoms with van der Waals surface area (Å²) in [7, 11) is -4.10. The van der Waals surface area contributed by atoms with Gasteiger partial charge >= 0.3 is 0 Å². The Labute approximate surface area is 218 Å². The molecule has 0 aliphatic carbocycles. The number of benzene rings is 3. The van der Waals surface area contributed by atoms with E-state index in [1.807, 2.05) is 74.5 Å². The van der Waals surface area contributed by atoms with Crippen molar-refractivity contribution in [3.63, 3.8) is 0 Å². The topological polar surface area (TPSA) is 66.5 Å². The van der Waals surface area contributed by atoms with Gasteiger partial charge < -0.3 is 4.90 Å². The van der Waals surface area contributed by atoms with E-state index in [1.165, 1.54) is 18.2 Å². The summed E-state index contributed by atoms with van der Waals surface area (Å²) in [5, 5.41) is 0.289. The SMILES string of the molecule is CCC(C)C(NS(=O)(=O)c1cc(Cl)ccc1Cl)C(=O)N(CCc1ccccc1)Cc1ccccc1. The first kappa shape index (κ1) is 27.2. The number of hydrogen-bond acceptors (Lipinski definition) is 3. The zero-order valence-corrected chi connectivity index (χ0v) is 22.2. The third kappa shape index (κ3) is 7.55. The third-order valence-corrected chi connectivity index (χ3v) is 8.14. The first-order valence-corrected chi connectivity index (χ1v) is 13.8. The molecule has 0 spiro atoms. The van der Waals surface area contributed by atoms with Crippen molar-refractivity contribution >= 4 is 39.1 Å². The van der Waals surface area contributed by atoms with Crippen LogP contribution in [0.3, 0.4) is 0 Å². The predicted molar refractivity (Wildman–Crippen MR) is 142 cm³/mol. The summed E-state index contributed by atoms with van der Waals surface area (Å²) in [5.74, 6) is -0.522. The zero-order valence-electron chi connectivity index (χ0n) is 19.8. The molecule has 0 aromatic heterocycles. The van der Waals surface area contributed by atoms with Crippen LogP contribution in [0.4, 0.5) is 0 Å². The lowest BCUT2D eigenvalue weighted by atomic mass is 9.98. The normalized spacial score (nSPS) is 13.3. The van der Waals surface area contributed by atoms with Gasteiger partial charge in [0.05, 0.1) is 5.02 Å². The molecule has 0 radical (unpaired) electrons. The lowest BCUT2D eigenvalue weighted by molar-refractivity contribution is -0.134. The number of carbonyl (C=O) groups excluding carboxylic acids is 1. The Morgan fingerprint density at radius 2 is 1.54 bits per heavy atom. The van der Waals surface area contributed by atoms with Crippen LogP contribution in [0.15, 0.2) is 83.8 Å². The molecule has 35 heavy (non-hydrogen) atoms. The van der Waals surface area contributed by atoms with E-state index in [4.69, 9.17) is 23.2 Å². The second-order valence-electron chi connectivity index (χ2n) is 8.54. The van der Waals surface area contributed by atoms with Gasteiger partial charge in [0.1, 0.15) is 10.9 Å². The number of nitrogens with one attached hydrogen (secondary N) is 1. The number of nitrogens with zero attached hydrogens (tertiary/aromatic N) is 1. The molecule has 1 amide bonds. The molecule has 2 atom stereocenters. The molecule has 0 saturated carbocycles. The summed E-state index contributed by atoms with van der Waals surface area (Å²) in [4.78, 5) is 15.4. The molecule has 0 aliphatic rings. The van der Waals surface area contributed by atoms with Crippen LogP contribution in [-0.4, -0.2) is 31.8 Å². The Balaban J connectivity index is 1.91. The summed E-state index contributed by atoms with van der Waals surface area (Å²) in [6.07, 6.45) is 1.26. The molecular formula is C27H30Cl2N2O3S. The zero-order chi connectivity index (χ0) is 25.4. The molecule has 0 bridgehead atoms. The summed E-state index contributed by atoms with van der Waals surface area (Å²) in [6, 6.07) is 22.9. The van der Waals surface area contributed by atoms with E-state index < -0.39 is 16.1 Å². The number of rotatable bonds is 11. The smallest absolute Gasteiger partial charge is 0.242 e. The van der Waals surface area contributed by atoms with Crippen molar-refractivity contribution in [1.82, 2.24) is 9.62 Å². The number of hydrogen-bond donors (Lipinski definition) is 1. The maximum absolute atomic E-state index is 13.9. The fraction of sp³-hybridized carbons (Fsp3) is 0.296. The molecular weight excluding hydrogens is 503 g/mol. The maximum atomic E-state index is 13.9. The van der Waals surface area contributed by atoms with E-state index >= 15 is 0 Å². The molecule has 186 valence electrons. The largest absolute Gasteiger partial charge is 0.337 e. The Hall–Kier alpha value is -2.38. The number of amides is 1. The Morgan fingerprint density at radius 3 is 2.14 bits per heavy atom. The monoisotopic (exact) mass is 532 g/mol. The minimum absolute atomic E-state index is 0.0440. The summed E-state index contributed by atoms with van der Waals surface area (Å²) in [5.41, 5.74) is 2.07. The third-order valence-electron chi connectivity index (χ3n) is 5.99. The van der Waals surface area contributed by atoms with Crippen LogP contribution in [0.25, 0.3) is 0 Å². The van der Waals surface area contributed by atoms with Crippen LogP contribution in [0.5, 0.6) is 0 Å². The Bertz CT molecular complexity index is 1220. The molecule has 5 nitrogen and oxygen atoms in total. The fourth-order valence-corrected chi connectivity index (χ4v) is 5.80. The fourth-order valence-electron chi connectivity index (χ4n) is 3.74. The molecule has 2 unspecified atom stereocenters. The Kier molecular flexibility index (Phi) is 9.75. The van der Waals surface area contributed by atoms with Crippen LogP contribution >= 0.6 is 23.2 Å². The van der Waals surface area contributed by atoms with Crippen LogP contribution in [-0.2, 0) is 27.8 Å². The van der Waals surface area contributed by atoms with Gasteiger partial charge in [-0.25, -0.2) is 8.42 Å². The van der Waals surface area contributed by atoms with Crippen LogP contribution < -0.4 is 4.72 Å². The second-order valence-corrected chi connectivity index (χ2v) is 11.1. The van der Waals surface area contributed by atoms with E-state index in [2.05, 4.69) is 4.72 Å². The average molecular weight is 534 g/mol. The van der Waals surface area contributed by atoms with Gasteiger partial charge in [-0.2, -0.15) is 4.72 Å². The minimum atomic E-state index is -4.10. The van der Waals surface area contributed by atoms with E-state index in [-0.39, 0.29) is 26.8 Å². The summed E-state index contributed by atoms with van der Waals surface area (Å²) < 4.78 is 29.2. The maximum Gasteiger partial charge on any atom is 0.242 e. The number of carbonyl (C=O) groups is 1. The molecule has 8 heteroatoms. The van der Waals surface area contributed by atoms with E-state index in [0.717, 1.165) is 11.1 Å². The standard InChI is InChI=1S/C27H30Cl2N2O3S/c1-3-20(2)26(30-35(33,34)25-18-23(28)14-15-24(25)29)27(32)31(19-22-12-8-5-9-13-22)17-16-21-10-6-4-7-11-21/h4-15,18,20,26,30H,3,16-17,19H2,1-2H3. The molecule has 0 heterocycles.